The van der Waals surface area contributed by atoms with Crippen LogP contribution in [0, 0.1) is 70.2 Å². The third-order valence-corrected chi connectivity index (χ3v) is 8.63. The lowest BCUT2D eigenvalue weighted by Gasteiger charge is -2.11. The molecule has 0 aliphatic carbocycles. The van der Waals surface area contributed by atoms with E-state index >= 15 is 0 Å². The number of ether oxygens (including phenoxy) is 4. The average Bonchev–Trinajstić information content (AvgIpc) is 3.22. The van der Waals surface area contributed by atoms with Crippen LogP contribution < -0.4 is 18.9 Å². The Labute approximate surface area is 328 Å². The molecule has 0 saturated heterocycles. The smallest absolute Gasteiger partial charge is 0.205 e. The highest BCUT2D eigenvalue weighted by atomic mass is 19.2. The highest BCUT2D eigenvalue weighted by molar-refractivity contribution is 5.49. The Kier molecular flexibility index (Phi) is 17.9. The van der Waals surface area contributed by atoms with Gasteiger partial charge in [-0.15, -0.1) is 0 Å². The summed E-state index contributed by atoms with van der Waals surface area (Å²) in [6.07, 6.45) is 8.38. The van der Waals surface area contributed by atoms with Gasteiger partial charge in [-0.2, -0.15) is 17.6 Å². The lowest BCUT2D eigenvalue weighted by atomic mass is 10.1. The fourth-order valence-electron chi connectivity index (χ4n) is 5.40. The molecule has 304 valence electrons. The van der Waals surface area contributed by atoms with Crippen molar-refractivity contribution in [2.45, 2.75) is 84.5 Å². The Morgan fingerprint density at radius 3 is 0.965 bits per heavy atom. The summed E-state index contributed by atoms with van der Waals surface area (Å²) in [5, 5.41) is 0. The second-order valence-electron chi connectivity index (χ2n) is 13.0. The Bertz CT molecular complexity index is 1840. The molecular weight excluding hydrogens is 756 g/mol. The van der Waals surface area contributed by atoms with Gasteiger partial charge in [-0.05, 0) is 80.6 Å². The van der Waals surface area contributed by atoms with Crippen LogP contribution in [0.25, 0.3) is 0 Å². The molecule has 57 heavy (non-hydrogen) atoms. The van der Waals surface area contributed by atoms with Gasteiger partial charge in [-0.3, -0.25) is 0 Å². The Hall–Kier alpha value is -5.36. The maximum absolute atomic E-state index is 14.6. The van der Waals surface area contributed by atoms with Crippen molar-refractivity contribution in [2.24, 2.45) is 0 Å². The molecule has 0 heterocycles. The number of unbranched alkanes of at least 4 members (excludes halogenated alkanes) is 8. The van der Waals surface area contributed by atoms with Crippen LogP contribution in [-0.4, -0.2) is 26.4 Å². The first-order chi connectivity index (χ1) is 27.6. The summed E-state index contributed by atoms with van der Waals surface area (Å²) in [4.78, 5) is 0. The predicted octanol–water partition coefficient (Wildman–Crippen LogP) is 12.1. The van der Waals surface area contributed by atoms with E-state index in [9.17, 15) is 35.1 Å². The van der Waals surface area contributed by atoms with E-state index in [1.807, 2.05) is 13.8 Å². The minimum Gasteiger partial charge on any atom is -0.494 e. The number of rotatable bonds is 20. The van der Waals surface area contributed by atoms with Crippen LogP contribution in [0.3, 0.4) is 0 Å². The molecule has 0 spiro atoms. The molecule has 0 N–H and O–H groups in total. The highest BCUT2D eigenvalue weighted by Crippen LogP contribution is 2.31. The van der Waals surface area contributed by atoms with Crippen molar-refractivity contribution in [3.8, 4) is 46.7 Å². The van der Waals surface area contributed by atoms with Gasteiger partial charge in [0, 0.05) is 11.1 Å². The van der Waals surface area contributed by atoms with Crippen molar-refractivity contribution >= 4 is 0 Å². The first-order valence-electron chi connectivity index (χ1n) is 19.0. The molecule has 12 heteroatoms. The lowest BCUT2D eigenvalue weighted by Crippen LogP contribution is -2.08. The van der Waals surface area contributed by atoms with Crippen molar-refractivity contribution in [3.63, 3.8) is 0 Å². The molecule has 4 aromatic rings. The number of hydrogen-bond acceptors (Lipinski definition) is 4. The zero-order chi connectivity index (χ0) is 41.2. The second-order valence-corrected chi connectivity index (χ2v) is 13.0. The van der Waals surface area contributed by atoms with Crippen molar-refractivity contribution < 1.29 is 54.1 Å². The Morgan fingerprint density at radius 1 is 0.351 bits per heavy atom. The summed E-state index contributed by atoms with van der Waals surface area (Å²) in [5.41, 5.74) is -1.38. The molecule has 0 aliphatic rings. The monoisotopic (exact) mass is 800 g/mol. The van der Waals surface area contributed by atoms with Crippen LogP contribution in [0.5, 0.6) is 23.0 Å². The standard InChI is InChI=1S/C45H44F8O4/c1-3-5-7-10-28-56-44-40(50)36(46)34(37(47)41(44)51)24-18-30-14-20-32(21-15-30)54-26-12-9-13-27-55-33-22-16-31(17-23-33)19-25-35-38(48)42(52)45(43(53)39(35)49)57-29-11-8-6-4-2/h14-17,20-23H,3-13,26-29H2,1-2H3. The fourth-order valence-corrected chi connectivity index (χ4v) is 5.40. The predicted molar refractivity (Wildman–Crippen MR) is 202 cm³/mol. The highest BCUT2D eigenvalue weighted by Gasteiger charge is 2.27. The Balaban J connectivity index is 1.18. The molecule has 0 aliphatic heterocycles. The molecule has 4 rings (SSSR count). The molecule has 0 saturated carbocycles. The molecule has 0 bridgehead atoms. The maximum atomic E-state index is 14.6. The van der Waals surface area contributed by atoms with E-state index in [2.05, 4.69) is 23.7 Å². The van der Waals surface area contributed by atoms with Crippen molar-refractivity contribution in [2.75, 3.05) is 26.4 Å². The van der Waals surface area contributed by atoms with Crippen molar-refractivity contribution in [1.29, 1.82) is 0 Å². The summed E-state index contributed by atoms with van der Waals surface area (Å²) in [6.45, 7) is 4.63. The summed E-state index contributed by atoms with van der Waals surface area (Å²) >= 11 is 0. The fraction of sp³-hybridized carbons (Fsp3) is 0.378. The van der Waals surface area contributed by atoms with Gasteiger partial charge >= 0.3 is 0 Å². The number of hydrogen-bond donors (Lipinski definition) is 0. The number of halogens is 8. The molecule has 0 amide bonds. The number of benzene rings is 4. The summed E-state index contributed by atoms with van der Waals surface area (Å²) in [5.74, 6) is -4.75. The summed E-state index contributed by atoms with van der Waals surface area (Å²) < 4.78 is 138. The zero-order valence-electron chi connectivity index (χ0n) is 31.9. The van der Waals surface area contributed by atoms with E-state index in [1.165, 1.54) is 0 Å². The molecule has 0 atom stereocenters. The first kappa shape index (κ1) is 44.4. The van der Waals surface area contributed by atoms with E-state index in [1.54, 1.807) is 48.5 Å². The molecule has 0 unspecified atom stereocenters. The van der Waals surface area contributed by atoms with Crippen LogP contribution in [0.15, 0.2) is 48.5 Å². The molecule has 4 aromatic carbocycles. The average molecular weight is 801 g/mol. The van der Waals surface area contributed by atoms with Gasteiger partial charge in [0.15, 0.2) is 34.8 Å². The van der Waals surface area contributed by atoms with Gasteiger partial charge in [-0.25, -0.2) is 17.6 Å². The minimum atomic E-state index is -1.63. The van der Waals surface area contributed by atoms with Gasteiger partial charge in [0.05, 0.1) is 26.4 Å². The summed E-state index contributed by atoms with van der Waals surface area (Å²) in [6, 6.07) is 12.6. The molecule has 0 radical (unpaired) electrons. The van der Waals surface area contributed by atoms with E-state index in [0.717, 1.165) is 44.9 Å². The molecule has 0 fully saturated rings. The van der Waals surface area contributed by atoms with E-state index < -0.39 is 69.2 Å². The van der Waals surface area contributed by atoms with E-state index in [0.29, 0.717) is 61.5 Å². The third-order valence-electron chi connectivity index (χ3n) is 8.63. The van der Waals surface area contributed by atoms with Crippen LogP contribution >= 0.6 is 0 Å². The normalized spacial score (nSPS) is 10.7. The summed E-state index contributed by atoms with van der Waals surface area (Å²) in [7, 11) is 0. The minimum absolute atomic E-state index is 0.0716. The SMILES string of the molecule is CCCCCCOc1c(F)c(F)c(C#Cc2ccc(OCCCCCOc3ccc(C#Cc4c(F)c(F)c(OCCCCCC)c(F)c4F)cc3)cc2)c(F)c1F. The van der Waals surface area contributed by atoms with Gasteiger partial charge in [0.1, 0.15) is 22.6 Å². The second kappa shape index (κ2) is 23.0. The maximum Gasteiger partial charge on any atom is 0.205 e. The quantitative estimate of drug-likeness (QED) is 0.0386. The van der Waals surface area contributed by atoms with Crippen molar-refractivity contribution in [1.82, 2.24) is 0 Å². The van der Waals surface area contributed by atoms with E-state index in [-0.39, 0.29) is 13.2 Å². The van der Waals surface area contributed by atoms with Crippen LogP contribution in [-0.2, 0) is 0 Å². The third kappa shape index (κ3) is 12.8. The van der Waals surface area contributed by atoms with Gasteiger partial charge in [0.2, 0.25) is 23.3 Å². The largest absolute Gasteiger partial charge is 0.494 e. The first-order valence-corrected chi connectivity index (χ1v) is 19.0. The molecular formula is C45H44F8O4. The van der Waals surface area contributed by atoms with Crippen LogP contribution in [0.4, 0.5) is 35.1 Å². The van der Waals surface area contributed by atoms with Gasteiger partial charge < -0.3 is 18.9 Å². The molecule has 0 aromatic heterocycles. The van der Waals surface area contributed by atoms with Gasteiger partial charge in [0.25, 0.3) is 0 Å². The lowest BCUT2D eigenvalue weighted by molar-refractivity contribution is 0.263. The Morgan fingerprint density at radius 2 is 0.649 bits per heavy atom. The van der Waals surface area contributed by atoms with Crippen molar-refractivity contribution in [3.05, 3.63) is 117 Å². The molecule has 4 nitrogen and oxygen atoms in total. The zero-order valence-corrected chi connectivity index (χ0v) is 31.9. The van der Waals surface area contributed by atoms with Gasteiger partial charge in [-0.1, -0.05) is 76.1 Å². The van der Waals surface area contributed by atoms with E-state index in [4.69, 9.17) is 18.9 Å². The van der Waals surface area contributed by atoms with Crippen LogP contribution in [0.1, 0.15) is 107 Å². The van der Waals surface area contributed by atoms with Crippen LogP contribution in [0.2, 0.25) is 0 Å². The topological polar surface area (TPSA) is 36.9 Å².